The number of anilines is 3. The first-order valence-electron chi connectivity index (χ1n) is 10.6. The van der Waals surface area contributed by atoms with Gasteiger partial charge in [-0.25, -0.2) is 14.7 Å². The number of pyridine rings is 1. The third kappa shape index (κ3) is 5.28. The SMILES string of the molecule is COc1cc(N2CCOCC2)cc(N(C(=O)OC(C)(C)C)c2ncc(C)c(C)c2C)c1. The monoisotopic (exact) mass is 427 g/mol. The van der Waals surface area contributed by atoms with E-state index in [4.69, 9.17) is 14.2 Å². The molecular weight excluding hydrogens is 394 g/mol. The van der Waals surface area contributed by atoms with Gasteiger partial charge in [-0.3, -0.25) is 0 Å². The van der Waals surface area contributed by atoms with Crippen molar-refractivity contribution in [2.24, 2.45) is 0 Å². The molecule has 31 heavy (non-hydrogen) atoms. The number of benzene rings is 1. The molecule has 0 bridgehead atoms. The number of morpholine rings is 1. The maximum Gasteiger partial charge on any atom is 0.420 e. The van der Waals surface area contributed by atoms with E-state index < -0.39 is 11.7 Å². The maximum absolute atomic E-state index is 13.4. The zero-order chi connectivity index (χ0) is 22.8. The zero-order valence-corrected chi connectivity index (χ0v) is 19.6. The van der Waals surface area contributed by atoms with E-state index in [0.29, 0.717) is 30.5 Å². The highest BCUT2D eigenvalue weighted by Crippen LogP contribution is 2.36. The van der Waals surface area contributed by atoms with Crippen molar-refractivity contribution < 1.29 is 19.0 Å². The lowest BCUT2D eigenvalue weighted by atomic mass is 10.1. The molecule has 1 amide bonds. The number of ether oxygens (including phenoxy) is 3. The number of aryl methyl sites for hydroxylation is 1. The van der Waals surface area contributed by atoms with E-state index in [9.17, 15) is 4.79 Å². The van der Waals surface area contributed by atoms with Crippen LogP contribution in [0, 0.1) is 20.8 Å². The number of aromatic nitrogens is 1. The molecule has 168 valence electrons. The van der Waals surface area contributed by atoms with Crippen LogP contribution in [0.15, 0.2) is 24.4 Å². The number of rotatable bonds is 4. The molecule has 1 aliphatic rings. The molecule has 1 aromatic heterocycles. The Morgan fingerprint density at radius 1 is 1.10 bits per heavy atom. The molecule has 1 saturated heterocycles. The third-order valence-corrected chi connectivity index (χ3v) is 5.40. The Balaban J connectivity index is 2.15. The van der Waals surface area contributed by atoms with E-state index in [2.05, 4.69) is 9.88 Å². The Kier molecular flexibility index (Phi) is 6.74. The minimum Gasteiger partial charge on any atom is -0.497 e. The maximum atomic E-state index is 13.4. The van der Waals surface area contributed by atoms with Crippen molar-refractivity contribution in [2.45, 2.75) is 47.1 Å². The lowest BCUT2D eigenvalue weighted by Gasteiger charge is -2.32. The summed E-state index contributed by atoms with van der Waals surface area (Å²) in [5.74, 6) is 1.22. The van der Waals surface area contributed by atoms with Gasteiger partial charge in [0, 0.05) is 37.1 Å². The molecular formula is C24H33N3O4. The number of amides is 1. The molecule has 0 aliphatic carbocycles. The van der Waals surface area contributed by atoms with Crippen molar-refractivity contribution in [1.82, 2.24) is 4.98 Å². The summed E-state index contributed by atoms with van der Waals surface area (Å²) in [6, 6.07) is 5.79. The number of hydrogen-bond acceptors (Lipinski definition) is 6. The molecule has 0 spiro atoms. The largest absolute Gasteiger partial charge is 0.497 e. The molecule has 0 unspecified atom stereocenters. The summed E-state index contributed by atoms with van der Waals surface area (Å²) in [4.78, 5) is 21.8. The van der Waals surface area contributed by atoms with E-state index in [-0.39, 0.29) is 0 Å². The van der Waals surface area contributed by atoms with Gasteiger partial charge >= 0.3 is 6.09 Å². The normalized spacial score (nSPS) is 14.4. The fraction of sp³-hybridized carbons (Fsp3) is 0.500. The van der Waals surface area contributed by atoms with Gasteiger partial charge in [-0.2, -0.15) is 0 Å². The van der Waals surface area contributed by atoms with Crippen LogP contribution < -0.4 is 14.5 Å². The van der Waals surface area contributed by atoms with Crippen LogP contribution in [0.1, 0.15) is 37.5 Å². The van der Waals surface area contributed by atoms with Crippen molar-refractivity contribution in [3.05, 3.63) is 41.1 Å². The van der Waals surface area contributed by atoms with E-state index in [1.165, 1.54) is 0 Å². The van der Waals surface area contributed by atoms with Gasteiger partial charge in [0.1, 0.15) is 17.2 Å². The quantitative estimate of drug-likeness (QED) is 0.690. The molecule has 2 aromatic rings. The average molecular weight is 428 g/mol. The van der Waals surface area contributed by atoms with Gasteiger partial charge in [0.15, 0.2) is 0 Å². The van der Waals surface area contributed by atoms with E-state index in [1.807, 2.05) is 59.7 Å². The van der Waals surface area contributed by atoms with E-state index in [0.717, 1.165) is 35.5 Å². The van der Waals surface area contributed by atoms with Gasteiger partial charge in [-0.1, -0.05) is 0 Å². The zero-order valence-electron chi connectivity index (χ0n) is 19.6. The van der Waals surface area contributed by atoms with Gasteiger partial charge in [0.2, 0.25) is 0 Å². The smallest absolute Gasteiger partial charge is 0.420 e. The molecule has 0 radical (unpaired) electrons. The molecule has 1 aliphatic heterocycles. The number of nitrogens with zero attached hydrogens (tertiary/aromatic N) is 3. The van der Waals surface area contributed by atoms with Crippen LogP contribution in [-0.4, -0.2) is 50.1 Å². The summed E-state index contributed by atoms with van der Waals surface area (Å²) >= 11 is 0. The van der Waals surface area contributed by atoms with Crippen LogP contribution in [0.25, 0.3) is 0 Å². The van der Waals surface area contributed by atoms with E-state index >= 15 is 0 Å². The number of methoxy groups -OCH3 is 1. The molecule has 1 aromatic carbocycles. The Labute approximate surface area is 184 Å². The first kappa shape index (κ1) is 22.9. The Morgan fingerprint density at radius 3 is 2.39 bits per heavy atom. The molecule has 7 heteroatoms. The van der Waals surface area contributed by atoms with E-state index in [1.54, 1.807) is 18.2 Å². The van der Waals surface area contributed by atoms with Crippen molar-refractivity contribution in [3.63, 3.8) is 0 Å². The molecule has 7 nitrogen and oxygen atoms in total. The second-order valence-electron chi connectivity index (χ2n) is 8.82. The van der Waals surface area contributed by atoms with Gasteiger partial charge < -0.3 is 19.1 Å². The Hall–Kier alpha value is -2.80. The standard InChI is InChI=1S/C24H33N3O4/c1-16-15-25-22(18(3)17(16)2)27(23(28)31-24(4,5)6)20-12-19(13-21(14-20)29-7)26-8-10-30-11-9-26/h12-15H,8-11H2,1-7H3. The van der Waals surface area contributed by atoms with Crippen LogP contribution in [0.5, 0.6) is 5.75 Å². The summed E-state index contributed by atoms with van der Waals surface area (Å²) in [5.41, 5.74) is 4.07. The molecule has 0 N–H and O–H groups in total. The summed E-state index contributed by atoms with van der Waals surface area (Å²) in [5, 5.41) is 0. The van der Waals surface area contributed by atoms with Crippen molar-refractivity contribution in [2.75, 3.05) is 43.2 Å². The highest BCUT2D eigenvalue weighted by molar-refractivity contribution is 5.97. The van der Waals surface area contributed by atoms with Crippen molar-refractivity contribution in [3.8, 4) is 5.75 Å². The minimum absolute atomic E-state index is 0.479. The Bertz CT molecular complexity index is 947. The predicted molar refractivity (Wildman–Crippen MR) is 123 cm³/mol. The van der Waals surface area contributed by atoms with Gasteiger partial charge in [-0.05, 0) is 64.3 Å². The van der Waals surface area contributed by atoms with Gasteiger partial charge in [0.05, 0.1) is 26.0 Å². The first-order valence-corrected chi connectivity index (χ1v) is 10.6. The summed E-state index contributed by atoms with van der Waals surface area (Å²) < 4.78 is 16.8. The summed E-state index contributed by atoms with van der Waals surface area (Å²) in [6.07, 6.45) is 1.31. The fourth-order valence-electron chi connectivity index (χ4n) is 3.48. The van der Waals surface area contributed by atoms with Crippen LogP contribution in [0.2, 0.25) is 0 Å². The average Bonchev–Trinajstić information content (AvgIpc) is 2.73. The summed E-state index contributed by atoms with van der Waals surface area (Å²) in [7, 11) is 1.62. The molecule has 0 saturated carbocycles. The number of carbonyl (C=O) groups excluding carboxylic acids is 1. The second kappa shape index (κ2) is 9.14. The lowest BCUT2D eigenvalue weighted by Crippen LogP contribution is -2.37. The molecule has 0 atom stereocenters. The Morgan fingerprint density at radius 2 is 1.77 bits per heavy atom. The van der Waals surface area contributed by atoms with Crippen LogP contribution in [-0.2, 0) is 9.47 Å². The third-order valence-electron chi connectivity index (χ3n) is 5.40. The number of carbonyl (C=O) groups is 1. The lowest BCUT2D eigenvalue weighted by molar-refractivity contribution is 0.0598. The topological polar surface area (TPSA) is 64.1 Å². The first-order chi connectivity index (χ1) is 14.6. The molecule has 2 heterocycles. The van der Waals surface area contributed by atoms with Crippen LogP contribution >= 0.6 is 0 Å². The fourth-order valence-corrected chi connectivity index (χ4v) is 3.48. The van der Waals surface area contributed by atoms with Crippen molar-refractivity contribution >= 4 is 23.3 Å². The second-order valence-corrected chi connectivity index (χ2v) is 8.82. The van der Waals surface area contributed by atoms with Crippen molar-refractivity contribution in [1.29, 1.82) is 0 Å². The van der Waals surface area contributed by atoms with Gasteiger partial charge in [-0.15, -0.1) is 0 Å². The number of hydrogen-bond donors (Lipinski definition) is 0. The van der Waals surface area contributed by atoms with Crippen LogP contribution in [0.4, 0.5) is 22.0 Å². The molecule has 1 fully saturated rings. The predicted octanol–water partition coefficient (Wildman–Crippen LogP) is 4.93. The van der Waals surface area contributed by atoms with Crippen LogP contribution in [0.3, 0.4) is 0 Å². The van der Waals surface area contributed by atoms with Gasteiger partial charge in [0.25, 0.3) is 0 Å². The molecule has 3 rings (SSSR count). The highest BCUT2D eigenvalue weighted by Gasteiger charge is 2.29. The minimum atomic E-state index is -0.644. The highest BCUT2D eigenvalue weighted by atomic mass is 16.6. The summed E-state index contributed by atoms with van der Waals surface area (Å²) in [6.45, 7) is 14.5.